The Bertz CT molecular complexity index is 440. The smallest absolute Gasteiger partial charge is 0.419 e. The number of ether oxygens (including phenoxy) is 1. The van der Waals surface area contributed by atoms with Crippen LogP contribution >= 0.6 is 0 Å². The molecule has 0 spiro atoms. The SMILES string of the molecule is COc1ccc(C/C=C(/F)CN)cc1C(F)(F)F. The van der Waals surface area contributed by atoms with E-state index in [0.717, 1.165) is 19.3 Å². The van der Waals surface area contributed by atoms with E-state index in [1.807, 2.05) is 0 Å². The zero-order valence-corrected chi connectivity index (χ0v) is 9.72. The van der Waals surface area contributed by atoms with Crippen LogP contribution < -0.4 is 10.5 Å². The molecule has 0 saturated heterocycles. The average molecular weight is 263 g/mol. The standard InChI is InChI=1S/C12H13F4NO/c1-18-11-5-3-8(2-4-9(13)7-17)6-10(11)12(14,15)16/h3-6H,2,7,17H2,1H3/b9-4+. The predicted molar refractivity (Wildman–Crippen MR) is 59.9 cm³/mol. The Kier molecular flexibility index (Phi) is 4.72. The first-order valence-corrected chi connectivity index (χ1v) is 5.17. The van der Waals surface area contributed by atoms with Crippen LogP contribution in [0.4, 0.5) is 17.6 Å². The van der Waals surface area contributed by atoms with Crippen molar-refractivity contribution in [1.29, 1.82) is 0 Å². The lowest BCUT2D eigenvalue weighted by Crippen LogP contribution is -2.08. The lowest BCUT2D eigenvalue weighted by atomic mass is 10.1. The summed E-state index contributed by atoms with van der Waals surface area (Å²) in [5, 5.41) is 0. The van der Waals surface area contributed by atoms with Crippen LogP contribution in [0, 0.1) is 0 Å². The number of halogens is 4. The molecule has 0 fully saturated rings. The number of methoxy groups -OCH3 is 1. The number of benzene rings is 1. The summed E-state index contributed by atoms with van der Waals surface area (Å²) in [4.78, 5) is 0. The number of rotatable bonds is 4. The highest BCUT2D eigenvalue weighted by atomic mass is 19.4. The van der Waals surface area contributed by atoms with E-state index in [4.69, 9.17) is 5.73 Å². The second kappa shape index (κ2) is 5.86. The van der Waals surface area contributed by atoms with Gasteiger partial charge in [-0.25, -0.2) is 4.39 Å². The Morgan fingerprint density at radius 3 is 2.56 bits per heavy atom. The average Bonchev–Trinajstić information content (AvgIpc) is 2.34. The van der Waals surface area contributed by atoms with Gasteiger partial charge in [-0.05, 0) is 30.2 Å². The highest BCUT2D eigenvalue weighted by Crippen LogP contribution is 2.36. The van der Waals surface area contributed by atoms with Crippen LogP contribution in [0.1, 0.15) is 11.1 Å². The summed E-state index contributed by atoms with van der Waals surface area (Å²) < 4.78 is 55.5. The first kappa shape index (κ1) is 14.5. The number of alkyl halides is 3. The second-order valence-corrected chi connectivity index (χ2v) is 3.59. The van der Waals surface area contributed by atoms with Crippen molar-refractivity contribution in [3.8, 4) is 5.75 Å². The quantitative estimate of drug-likeness (QED) is 0.847. The van der Waals surface area contributed by atoms with E-state index in [-0.39, 0.29) is 18.7 Å². The minimum absolute atomic E-state index is 0.0517. The highest BCUT2D eigenvalue weighted by Gasteiger charge is 2.34. The van der Waals surface area contributed by atoms with Crippen LogP contribution in [0.3, 0.4) is 0 Å². The Balaban J connectivity index is 3.04. The van der Waals surface area contributed by atoms with Crippen LogP contribution in [0.15, 0.2) is 30.1 Å². The molecule has 0 saturated carbocycles. The first-order chi connectivity index (χ1) is 8.38. The number of hydrogen-bond acceptors (Lipinski definition) is 2. The van der Waals surface area contributed by atoms with Gasteiger partial charge < -0.3 is 10.5 Å². The molecule has 100 valence electrons. The molecule has 0 aromatic heterocycles. The molecular formula is C12H13F4NO. The molecule has 1 aromatic carbocycles. The zero-order valence-electron chi connectivity index (χ0n) is 9.72. The molecule has 1 rings (SSSR count). The third-order valence-electron chi connectivity index (χ3n) is 2.32. The van der Waals surface area contributed by atoms with E-state index < -0.39 is 17.6 Å². The van der Waals surface area contributed by atoms with Crippen molar-refractivity contribution in [2.24, 2.45) is 5.73 Å². The molecule has 0 radical (unpaired) electrons. The minimum Gasteiger partial charge on any atom is -0.496 e. The van der Waals surface area contributed by atoms with Gasteiger partial charge in [0.25, 0.3) is 0 Å². The maximum atomic E-state index is 12.8. The van der Waals surface area contributed by atoms with Gasteiger partial charge in [0.2, 0.25) is 0 Å². The predicted octanol–water partition coefficient (Wildman–Crippen LogP) is 3.07. The molecule has 0 unspecified atom stereocenters. The Labute approximate surface area is 102 Å². The van der Waals surface area contributed by atoms with Gasteiger partial charge in [0.1, 0.15) is 11.6 Å². The first-order valence-electron chi connectivity index (χ1n) is 5.17. The van der Waals surface area contributed by atoms with Crippen molar-refractivity contribution in [3.05, 3.63) is 41.2 Å². The molecule has 0 heterocycles. The summed E-state index contributed by atoms with van der Waals surface area (Å²) >= 11 is 0. The van der Waals surface area contributed by atoms with Gasteiger partial charge in [-0.3, -0.25) is 0 Å². The monoisotopic (exact) mass is 263 g/mol. The van der Waals surface area contributed by atoms with Crippen molar-refractivity contribution in [3.63, 3.8) is 0 Å². The third-order valence-corrected chi connectivity index (χ3v) is 2.32. The van der Waals surface area contributed by atoms with Crippen molar-refractivity contribution < 1.29 is 22.3 Å². The van der Waals surface area contributed by atoms with Gasteiger partial charge in [-0.15, -0.1) is 0 Å². The third kappa shape index (κ3) is 3.73. The normalized spacial score (nSPS) is 12.7. The van der Waals surface area contributed by atoms with Gasteiger partial charge in [-0.2, -0.15) is 13.2 Å². The van der Waals surface area contributed by atoms with Gasteiger partial charge in [0.15, 0.2) is 0 Å². The summed E-state index contributed by atoms with van der Waals surface area (Å²) in [6, 6.07) is 3.61. The lowest BCUT2D eigenvalue weighted by molar-refractivity contribution is -0.138. The maximum absolute atomic E-state index is 12.8. The van der Waals surface area contributed by atoms with Crippen LogP contribution in [0.5, 0.6) is 5.75 Å². The van der Waals surface area contributed by atoms with Crippen molar-refractivity contribution >= 4 is 0 Å². The summed E-state index contributed by atoms with van der Waals surface area (Å²) in [6.07, 6.45) is -3.30. The minimum atomic E-state index is -4.50. The van der Waals surface area contributed by atoms with E-state index >= 15 is 0 Å². The van der Waals surface area contributed by atoms with E-state index in [1.54, 1.807) is 0 Å². The van der Waals surface area contributed by atoms with Crippen molar-refractivity contribution in [2.75, 3.05) is 13.7 Å². The summed E-state index contributed by atoms with van der Waals surface area (Å²) in [5.74, 6) is -0.811. The molecule has 2 N–H and O–H groups in total. The lowest BCUT2D eigenvalue weighted by Gasteiger charge is -2.12. The topological polar surface area (TPSA) is 35.2 Å². The molecule has 1 aromatic rings. The molecule has 2 nitrogen and oxygen atoms in total. The van der Waals surface area contributed by atoms with Crippen LogP contribution in [-0.4, -0.2) is 13.7 Å². The molecule has 0 aliphatic rings. The van der Waals surface area contributed by atoms with Crippen LogP contribution in [0.2, 0.25) is 0 Å². The van der Waals surface area contributed by atoms with Crippen LogP contribution in [-0.2, 0) is 12.6 Å². The highest BCUT2D eigenvalue weighted by molar-refractivity contribution is 5.40. The molecular weight excluding hydrogens is 250 g/mol. The van der Waals surface area contributed by atoms with E-state index in [1.165, 1.54) is 12.1 Å². The maximum Gasteiger partial charge on any atom is 0.419 e. The number of nitrogens with two attached hydrogens (primary N) is 1. The molecule has 6 heteroatoms. The Morgan fingerprint density at radius 1 is 1.39 bits per heavy atom. The van der Waals surface area contributed by atoms with Crippen LogP contribution in [0.25, 0.3) is 0 Å². The number of hydrogen-bond donors (Lipinski definition) is 1. The summed E-state index contributed by atoms with van der Waals surface area (Å²) in [5.41, 5.74) is 4.51. The molecule has 0 amide bonds. The fourth-order valence-electron chi connectivity index (χ4n) is 1.42. The van der Waals surface area contributed by atoms with Gasteiger partial charge >= 0.3 is 6.18 Å². The Hall–Kier alpha value is -1.56. The van der Waals surface area contributed by atoms with Crippen molar-refractivity contribution in [1.82, 2.24) is 0 Å². The van der Waals surface area contributed by atoms with E-state index in [9.17, 15) is 17.6 Å². The van der Waals surface area contributed by atoms with Crippen molar-refractivity contribution in [2.45, 2.75) is 12.6 Å². The van der Waals surface area contributed by atoms with Gasteiger partial charge in [-0.1, -0.05) is 6.07 Å². The van der Waals surface area contributed by atoms with E-state index in [0.29, 0.717) is 5.56 Å². The summed E-state index contributed by atoms with van der Waals surface area (Å²) in [6.45, 7) is -0.262. The molecule has 0 atom stereocenters. The molecule has 0 aliphatic heterocycles. The fourth-order valence-corrected chi connectivity index (χ4v) is 1.42. The molecule has 18 heavy (non-hydrogen) atoms. The Morgan fingerprint density at radius 2 is 2.06 bits per heavy atom. The fraction of sp³-hybridized carbons (Fsp3) is 0.333. The molecule has 0 bridgehead atoms. The molecule has 0 aliphatic carbocycles. The second-order valence-electron chi connectivity index (χ2n) is 3.59. The zero-order chi connectivity index (χ0) is 13.8. The van der Waals surface area contributed by atoms with Gasteiger partial charge in [0, 0.05) is 6.54 Å². The number of allylic oxidation sites excluding steroid dienone is 1. The largest absolute Gasteiger partial charge is 0.496 e. The van der Waals surface area contributed by atoms with E-state index in [2.05, 4.69) is 4.74 Å². The van der Waals surface area contributed by atoms with Gasteiger partial charge in [0.05, 0.1) is 12.7 Å². The summed E-state index contributed by atoms with van der Waals surface area (Å²) in [7, 11) is 1.16.